The van der Waals surface area contributed by atoms with Gasteiger partial charge in [-0.1, -0.05) is 58.0 Å². The van der Waals surface area contributed by atoms with Crippen molar-refractivity contribution in [1.29, 1.82) is 0 Å². The van der Waals surface area contributed by atoms with E-state index in [1.807, 2.05) is 76.2 Å². The molecule has 0 spiro atoms. The molecule has 0 aliphatic carbocycles. The van der Waals surface area contributed by atoms with Crippen LogP contribution in [0.2, 0.25) is 0 Å². The molecule has 7 heteroatoms. The average Bonchev–Trinajstić information content (AvgIpc) is 2.86. The number of nitrogens with zero attached hydrogens (tertiary/aromatic N) is 2. The highest BCUT2D eigenvalue weighted by molar-refractivity contribution is 5.70. The van der Waals surface area contributed by atoms with Gasteiger partial charge in [-0.3, -0.25) is 0 Å². The molecule has 38 heavy (non-hydrogen) atoms. The summed E-state index contributed by atoms with van der Waals surface area (Å²) in [6.45, 7) is 10.5. The number of hydrogen-bond acceptors (Lipinski definition) is 4. The van der Waals surface area contributed by atoms with Gasteiger partial charge < -0.3 is 14.4 Å². The van der Waals surface area contributed by atoms with Crippen molar-refractivity contribution < 1.29 is 22.6 Å². The number of ether oxygens (including phenoxy) is 2. The topological polar surface area (TPSA) is 34.6 Å². The predicted molar refractivity (Wildman–Crippen MR) is 147 cm³/mol. The van der Waals surface area contributed by atoms with Gasteiger partial charge in [-0.25, -0.2) is 4.98 Å². The summed E-state index contributed by atoms with van der Waals surface area (Å²) in [4.78, 5) is 6.14. The molecule has 0 aliphatic rings. The Bertz CT molecular complexity index is 1210. The molecule has 0 N–H and O–H groups in total. The first kappa shape index (κ1) is 29.5. The highest BCUT2D eigenvalue weighted by Gasteiger charge is 2.38. The van der Waals surface area contributed by atoms with E-state index < -0.39 is 11.9 Å². The van der Waals surface area contributed by atoms with Crippen LogP contribution in [0.5, 0.6) is 11.5 Å². The van der Waals surface area contributed by atoms with Crippen molar-refractivity contribution in [2.45, 2.75) is 66.2 Å². The molecule has 0 radical (unpaired) electrons. The highest BCUT2D eigenvalue weighted by Crippen LogP contribution is 2.40. The van der Waals surface area contributed by atoms with Gasteiger partial charge in [0.25, 0.3) is 0 Å². The number of halogens is 3. The third-order valence-electron chi connectivity index (χ3n) is 6.65. The van der Waals surface area contributed by atoms with Crippen LogP contribution in [0.3, 0.4) is 0 Å². The van der Waals surface area contributed by atoms with E-state index in [-0.39, 0.29) is 36.1 Å². The lowest BCUT2D eigenvalue weighted by Crippen LogP contribution is -2.21. The van der Waals surface area contributed by atoms with E-state index >= 15 is 0 Å². The molecule has 0 saturated heterocycles. The van der Waals surface area contributed by atoms with Crippen LogP contribution in [-0.2, 0) is 25.6 Å². The monoisotopic (exact) mass is 528 g/mol. The maximum Gasteiger partial charge on any atom is 0.433 e. The molecular weight excluding hydrogens is 489 g/mol. The number of aryl methyl sites for hydroxylation is 3. The normalized spacial score (nSPS) is 11.9. The van der Waals surface area contributed by atoms with E-state index in [0.717, 1.165) is 27.8 Å². The Labute approximate surface area is 224 Å². The van der Waals surface area contributed by atoms with Crippen LogP contribution in [0.15, 0.2) is 42.5 Å². The van der Waals surface area contributed by atoms with Crippen molar-refractivity contribution in [2.75, 3.05) is 27.2 Å². The van der Waals surface area contributed by atoms with Crippen molar-refractivity contribution >= 4 is 0 Å². The van der Waals surface area contributed by atoms with Crippen LogP contribution in [-0.4, -0.2) is 37.1 Å². The molecular formula is C31H39F3N2O2. The molecule has 0 saturated carbocycles. The summed E-state index contributed by atoms with van der Waals surface area (Å²) >= 11 is 0. The van der Waals surface area contributed by atoms with Gasteiger partial charge in [0.15, 0.2) is 5.69 Å². The molecule has 0 aliphatic heterocycles. The lowest BCUT2D eigenvalue weighted by Gasteiger charge is -2.22. The number of hydrogen-bond donors (Lipinski definition) is 0. The first-order valence-electron chi connectivity index (χ1n) is 13.2. The van der Waals surface area contributed by atoms with E-state index in [0.29, 0.717) is 25.1 Å². The number of rotatable bonds is 11. The Hall–Kier alpha value is -3.06. The van der Waals surface area contributed by atoms with Gasteiger partial charge in [-0.05, 0) is 68.1 Å². The number of pyridine rings is 1. The SMILES string of the molecule is CCc1cccc(CC)c1-c1cc(OCCN(C)C)c(COc2cc(C(C)C)ccc2C)c(C(F)(F)F)n1. The first-order valence-corrected chi connectivity index (χ1v) is 13.2. The third-order valence-corrected chi connectivity index (χ3v) is 6.65. The molecule has 3 rings (SSSR count). The Morgan fingerprint density at radius 2 is 1.58 bits per heavy atom. The van der Waals surface area contributed by atoms with Crippen LogP contribution in [0.4, 0.5) is 13.2 Å². The maximum atomic E-state index is 14.5. The zero-order valence-electron chi connectivity index (χ0n) is 23.5. The van der Waals surface area contributed by atoms with E-state index in [1.54, 1.807) is 6.07 Å². The van der Waals surface area contributed by atoms with Crippen LogP contribution < -0.4 is 9.47 Å². The largest absolute Gasteiger partial charge is 0.492 e. The Kier molecular flexibility index (Phi) is 9.82. The molecule has 0 unspecified atom stereocenters. The first-order chi connectivity index (χ1) is 18.0. The number of benzene rings is 2. The van der Waals surface area contributed by atoms with Gasteiger partial charge >= 0.3 is 6.18 Å². The number of likely N-dealkylation sites (N-methyl/N-ethyl adjacent to an activating group) is 1. The fourth-order valence-electron chi connectivity index (χ4n) is 4.37. The third kappa shape index (κ3) is 7.07. The van der Waals surface area contributed by atoms with E-state index in [4.69, 9.17) is 9.47 Å². The number of aromatic nitrogens is 1. The highest BCUT2D eigenvalue weighted by atomic mass is 19.4. The maximum absolute atomic E-state index is 14.5. The second-order valence-corrected chi connectivity index (χ2v) is 10.1. The molecule has 1 heterocycles. The Morgan fingerprint density at radius 1 is 0.921 bits per heavy atom. The van der Waals surface area contributed by atoms with Crippen LogP contribution >= 0.6 is 0 Å². The van der Waals surface area contributed by atoms with E-state index in [1.165, 1.54) is 0 Å². The minimum Gasteiger partial charge on any atom is -0.492 e. The lowest BCUT2D eigenvalue weighted by atomic mass is 9.94. The summed E-state index contributed by atoms with van der Waals surface area (Å²) in [6, 6.07) is 13.3. The second kappa shape index (κ2) is 12.7. The quantitative estimate of drug-likeness (QED) is 0.254. The van der Waals surface area contributed by atoms with E-state index in [2.05, 4.69) is 18.8 Å². The van der Waals surface area contributed by atoms with Gasteiger partial charge in [0.05, 0.1) is 11.3 Å². The fraction of sp³-hybridized carbons (Fsp3) is 0.452. The average molecular weight is 529 g/mol. The summed E-state index contributed by atoms with van der Waals surface area (Å²) in [5.41, 5.74) is 3.76. The standard InChI is InChI=1S/C31H39F3N2O2/c1-8-22-11-10-12-23(9-2)29(22)26-18-28(37-16-15-36(6)7)25(30(35-26)31(32,33)34)19-38-27-17-24(20(3)4)14-13-21(27)5/h10-14,17-18,20H,8-9,15-16,19H2,1-7H3. The molecule has 206 valence electrons. The number of alkyl halides is 3. The Morgan fingerprint density at radius 3 is 2.13 bits per heavy atom. The molecule has 1 aromatic heterocycles. The smallest absolute Gasteiger partial charge is 0.433 e. The van der Waals surface area contributed by atoms with Gasteiger partial charge in [0, 0.05) is 18.2 Å². The molecule has 0 bridgehead atoms. The lowest BCUT2D eigenvalue weighted by molar-refractivity contribution is -0.142. The van der Waals surface area contributed by atoms with Gasteiger partial charge in [0.1, 0.15) is 24.7 Å². The summed E-state index contributed by atoms with van der Waals surface area (Å²) in [5.74, 6) is 0.966. The minimum absolute atomic E-state index is 0.0959. The summed E-state index contributed by atoms with van der Waals surface area (Å²) < 4.78 is 55.6. The van der Waals surface area contributed by atoms with Crippen LogP contribution in [0.25, 0.3) is 11.3 Å². The molecule has 0 atom stereocenters. The van der Waals surface area contributed by atoms with Crippen LogP contribution in [0.1, 0.15) is 67.1 Å². The molecule has 4 nitrogen and oxygen atoms in total. The van der Waals surface area contributed by atoms with Gasteiger partial charge in [-0.15, -0.1) is 0 Å². The summed E-state index contributed by atoms with van der Waals surface area (Å²) in [6.07, 6.45) is -3.32. The molecule has 2 aromatic carbocycles. The van der Waals surface area contributed by atoms with Gasteiger partial charge in [-0.2, -0.15) is 13.2 Å². The van der Waals surface area contributed by atoms with Crippen molar-refractivity contribution in [3.8, 4) is 22.8 Å². The van der Waals surface area contributed by atoms with Crippen LogP contribution in [0, 0.1) is 6.92 Å². The van der Waals surface area contributed by atoms with Crippen molar-refractivity contribution in [3.05, 3.63) is 76.0 Å². The van der Waals surface area contributed by atoms with Crippen molar-refractivity contribution in [2.24, 2.45) is 0 Å². The van der Waals surface area contributed by atoms with Crippen molar-refractivity contribution in [1.82, 2.24) is 9.88 Å². The van der Waals surface area contributed by atoms with E-state index in [9.17, 15) is 13.2 Å². The summed E-state index contributed by atoms with van der Waals surface area (Å²) in [5, 5.41) is 0. The minimum atomic E-state index is -4.68. The fourth-order valence-corrected chi connectivity index (χ4v) is 4.37. The zero-order valence-corrected chi connectivity index (χ0v) is 23.5. The summed E-state index contributed by atoms with van der Waals surface area (Å²) in [7, 11) is 3.78. The van der Waals surface area contributed by atoms with Crippen molar-refractivity contribution in [3.63, 3.8) is 0 Å². The molecule has 0 fully saturated rings. The Balaban J connectivity index is 2.17. The second-order valence-electron chi connectivity index (χ2n) is 10.1. The molecule has 0 amide bonds. The zero-order chi connectivity index (χ0) is 28.0. The molecule has 3 aromatic rings. The predicted octanol–water partition coefficient (Wildman–Crippen LogP) is 7.84. The van der Waals surface area contributed by atoms with Gasteiger partial charge in [0.2, 0.25) is 0 Å².